The number of aliphatic hydroxyl groups is 1. The van der Waals surface area contributed by atoms with E-state index < -0.39 is 43.5 Å². The molecule has 0 aromatic carbocycles. The van der Waals surface area contributed by atoms with Crippen LogP contribution in [0, 0.1) is 0 Å². The molecular weight excluding hydrogens is 438 g/mol. The van der Waals surface area contributed by atoms with Gasteiger partial charge in [0.05, 0.1) is 25.4 Å². The fourth-order valence-corrected chi connectivity index (χ4v) is 8.15. The molecule has 7 unspecified atom stereocenters. The number of hydrogen-bond acceptors (Lipinski definition) is 8. The van der Waals surface area contributed by atoms with Crippen LogP contribution in [0.2, 0.25) is 45.8 Å². The van der Waals surface area contributed by atoms with Gasteiger partial charge in [0.25, 0.3) is 0 Å². The van der Waals surface area contributed by atoms with Gasteiger partial charge in [-0.15, -0.1) is 0 Å². The molecule has 0 aliphatic carbocycles. The molecule has 0 amide bonds. The second-order valence-electron chi connectivity index (χ2n) is 10.1. The molecule has 0 aromatic heterocycles. The van der Waals surface area contributed by atoms with Crippen molar-refractivity contribution in [2.24, 2.45) is 0 Å². The third kappa shape index (κ3) is 6.07. The summed E-state index contributed by atoms with van der Waals surface area (Å²) in [4.78, 5) is 0. The third-order valence-electron chi connectivity index (χ3n) is 5.24. The van der Waals surface area contributed by atoms with E-state index in [2.05, 4.69) is 19.6 Å². The van der Waals surface area contributed by atoms with Crippen LogP contribution >= 0.6 is 0 Å². The van der Waals surface area contributed by atoms with E-state index in [1.54, 1.807) is 0 Å². The van der Waals surface area contributed by atoms with E-state index in [1.165, 1.54) is 0 Å². The summed E-state index contributed by atoms with van der Waals surface area (Å²) in [5, 5.41) is 9.62. The number of rotatable bonds is 2. The Balaban J connectivity index is 0.000000177. The molecule has 168 valence electrons. The highest BCUT2D eigenvalue weighted by atomic mass is 28.4. The summed E-state index contributed by atoms with van der Waals surface area (Å²) in [7, 11) is 5.80. The first-order valence-electron chi connectivity index (χ1n) is 10.5. The molecule has 4 heterocycles. The summed E-state index contributed by atoms with van der Waals surface area (Å²) in [6.45, 7) is 15.5. The number of ether oxygens (including phenoxy) is 2. The van der Waals surface area contributed by atoms with Crippen LogP contribution in [-0.2, 0) is 31.6 Å². The average Bonchev–Trinajstić information content (AvgIpc) is 3.03. The SMILES string of the molecule is [B]C1OC2CO[Si](C)(C)OC2C1O.[B]C1OC2CO[Si](C)(C)O[C@H]2C1O[Si](C)(C)C. The quantitative estimate of drug-likeness (QED) is 0.585. The van der Waals surface area contributed by atoms with E-state index in [0.717, 1.165) is 0 Å². The molecule has 0 aromatic rings. The molecule has 1 N–H and O–H groups in total. The van der Waals surface area contributed by atoms with E-state index in [0.29, 0.717) is 13.2 Å². The van der Waals surface area contributed by atoms with Gasteiger partial charge in [-0.05, 0) is 45.8 Å². The Hall–Kier alpha value is 0.461. The van der Waals surface area contributed by atoms with Gasteiger partial charge in [0.15, 0.2) is 8.32 Å². The lowest BCUT2D eigenvalue weighted by molar-refractivity contribution is -0.0512. The summed E-state index contributed by atoms with van der Waals surface area (Å²) in [5.74, 6) is 0. The second kappa shape index (κ2) is 9.01. The lowest BCUT2D eigenvalue weighted by Crippen LogP contribution is -2.55. The Morgan fingerprint density at radius 1 is 0.833 bits per heavy atom. The summed E-state index contributed by atoms with van der Waals surface area (Å²) >= 11 is 0. The smallest absolute Gasteiger partial charge is 0.332 e. The first-order chi connectivity index (χ1) is 13.7. The molecule has 13 heteroatoms. The van der Waals surface area contributed by atoms with Crippen LogP contribution in [0.3, 0.4) is 0 Å². The van der Waals surface area contributed by atoms with Crippen LogP contribution in [0.5, 0.6) is 0 Å². The molecule has 0 spiro atoms. The Kier molecular flexibility index (Phi) is 7.54. The van der Waals surface area contributed by atoms with E-state index in [4.69, 9.17) is 47.3 Å². The minimum atomic E-state index is -2.04. The summed E-state index contributed by atoms with van der Waals surface area (Å²) < 4.78 is 39.9. The molecule has 4 saturated heterocycles. The van der Waals surface area contributed by atoms with Gasteiger partial charge in [-0.1, -0.05) is 0 Å². The molecule has 4 aliphatic rings. The second-order valence-corrected chi connectivity index (χ2v) is 21.2. The first-order valence-corrected chi connectivity index (χ1v) is 19.5. The topological polar surface area (TPSA) is 84.8 Å². The Morgan fingerprint density at radius 2 is 1.30 bits per heavy atom. The normalized spacial score (nSPS) is 44.5. The van der Waals surface area contributed by atoms with Crippen molar-refractivity contribution in [2.45, 2.75) is 94.5 Å². The number of aliphatic hydroxyl groups excluding tert-OH is 1. The van der Waals surface area contributed by atoms with Crippen molar-refractivity contribution in [2.75, 3.05) is 13.2 Å². The van der Waals surface area contributed by atoms with Crippen molar-refractivity contribution >= 4 is 41.1 Å². The van der Waals surface area contributed by atoms with E-state index >= 15 is 0 Å². The lowest BCUT2D eigenvalue weighted by Gasteiger charge is -2.38. The predicted octanol–water partition coefficient (Wildman–Crippen LogP) is 0.575. The van der Waals surface area contributed by atoms with Crippen LogP contribution < -0.4 is 0 Å². The Labute approximate surface area is 185 Å². The average molecular weight is 472 g/mol. The van der Waals surface area contributed by atoms with Crippen LogP contribution in [0.25, 0.3) is 0 Å². The van der Waals surface area contributed by atoms with Crippen LogP contribution in [0.1, 0.15) is 0 Å². The standard InChI is InChI=1S/C10H21BO4Si2.C7H13BO4Si/c1-16(2,3)14-9-8-7(13-10(9)11)6-12-17(4,5)15-8;1-13(2)10-3-4-6(12-13)5(9)7(8)11-4/h7-10H,6H2,1-5H3;4-7,9H,3H2,1-2H3/t7?,8-,9?,10?;/m1./s1. The van der Waals surface area contributed by atoms with E-state index in [-0.39, 0.29) is 30.5 Å². The molecular formula is C17H34B2O8Si3. The highest BCUT2D eigenvalue weighted by molar-refractivity contribution is 6.69. The fourth-order valence-electron chi connectivity index (χ4n) is 3.91. The van der Waals surface area contributed by atoms with Gasteiger partial charge >= 0.3 is 17.1 Å². The highest BCUT2D eigenvalue weighted by Gasteiger charge is 2.51. The lowest BCUT2D eigenvalue weighted by atomic mass is 9.93. The van der Waals surface area contributed by atoms with Gasteiger partial charge in [0.2, 0.25) is 0 Å². The van der Waals surface area contributed by atoms with Gasteiger partial charge in [-0.25, -0.2) is 0 Å². The van der Waals surface area contributed by atoms with Crippen molar-refractivity contribution in [3.8, 4) is 0 Å². The van der Waals surface area contributed by atoms with Gasteiger partial charge in [-0.3, -0.25) is 0 Å². The maximum absolute atomic E-state index is 9.62. The number of fused-ring (bicyclic) bond motifs is 2. The Morgan fingerprint density at radius 3 is 1.83 bits per heavy atom. The van der Waals surface area contributed by atoms with Crippen molar-refractivity contribution in [1.29, 1.82) is 0 Å². The summed E-state index contributed by atoms with van der Waals surface area (Å²) in [5.41, 5.74) is 0. The van der Waals surface area contributed by atoms with Gasteiger partial charge < -0.3 is 36.7 Å². The fraction of sp³-hybridized carbons (Fsp3) is 1.00. The van der Waals surface area contributed by atoms with Crippen molar-refractivity contribution in [3.63, 3.8) is 0 Å². The Bertz CT molecular complexity index is 606. The summed E-state index contributed by atoms with van der Waals surface area (Å²) in [6.07, 6.45) is -1.52. The van der Waals surface area contributed by atoms with Crippen molar-refractivity contribution < 1.29 is 36.7 Å². The molecule has 4 fully saturated rings. The van der Waals surface area contributed by atoms with Crippen LogP contribution in [-0.4, -0.2) is 108 Å². The molecule has 30 heavy (non-hydrogen) atoms. The molecule has 4 aliphatic heterocycles. The maximum atomic E-state index is 9.62. The van der Waals surface area contributed by atoms with Gasteiger partial charge in [-0.2, -0.15) is 0 Å². The minimum Gasteiger partial charge on any atom is -0.410 e. The first kappa shape index (κ1) is 25.1. The van der Waals surface area contributed by atoms with Crippen LogP contribution in [0.4, 0.5) is 0 Å². The predicted molar refractivity (Wildman–Crippen MR) is 120 cm³/mol. The van der Waals surface area contributed by atoms with Crippen molar-refractivity contribution in [3.05, 3.63) is 0 Å². The molecule has 0 bridgehead atoms. The third-order valence-corrected chi connectivity index (χ3v) is 9.62. The van der Waals surface area contributed by atoms with Crippen molar-refractivity contribution in [1.82, 2.24) is 0 Å². The van der Waals surface area contributed by atoms with Crippen LogP contribution in [0.15, 0.2) is 0 Å². The van der Waals surface area contributed by atoms with Gasteiger partial charge in [0.1, 0.15) is 40.1 Å². The highest BCUT2D eigenvalue weighted by Crippen LogP contribution is 2.34. The minimum absolute atomic E-state index is 0.0628. The zero-order chi connectivity index (χ0) is 22.5. The summed E-state index contributed by atoms with van der Waals surface area (Å²) in [6, 6.07) is -1.04. The van der Waals surface area contributed by atoms with E-state index in [1.807, 2.05) is 26.2 Å². The van der Waals surface area contributed by atoms with Gasteiger partial charge in [0, 0.05) is 12.0 Å². The maximum Gasteiger partial charge on any atom is 0.332 e. The molecule has 0 saturated carbocycles. The monoisotopic (exact) mass is 472 g/mol. The number of hydrogen-bond donors (Lipinski definition) is 1. The molecule has 8 atom stereocenters. The molecule has 8 nitrogen and oxygen atoms in total. The largest absolute Gasteiger partial charge is 0.410 e. The zero-order valence-electron chi connectivity index (χ0n) is 19.0. The van der Waals surface area contributed by atoms with E-state index in [9.17, 15) is 5.11 Å². The zero-order valence-corrected chi connectivity index (χ0v) is 22.0. The molecule has 4 radical (unpaired) electrons. The molecule has 4 rings (SSSR count).